The smallest absolute Gasteiger partial charge is 0.337 e. The van der Waals surface area contributed by atoms with Crippen LogP contribution in [0.3, 0.4) is 0 Å². The van der Waals surface area contributed by atoms with Crippen LogP contribution < -0.4 is 0 Å². The Morgan fingerprint density at radius 1 is 1.58 bits per heavy atom. The highest BCUT2D eigenvalue weighted by atomic mass is 35.5. The van der Waals surface area contributed by atoms with Gasteiger partial charge in [-0.2, -0.15) is 0 Å². The molecule has 0 bridgehead atoms. The minimum atomic E-state index is -1.60. The molecule has 0 fully saturated rings. The lowest BCUT2D eigenvalue weighted by Crippen LogP contribution is -2.09. The number of thiophene rings is 1. The molecule has 0 saturated heterocycles. The van der Waals surface area contributed by atoms with E-state index in [1.165, 1.54) is 6.07 Å². The average molecular weight is 227 g/mol. The van der Waals surface area contributed by atoms with E-state index in [-0.39, 0.29) is 9.90 Å². The average Bonchev–Trinajstić information content (AvgIpc) is 2.28. The van der Waals surface area contributed by atoms with Crippen LogP contribution in [-0.2, 0) is 4.79 Å². The van der Waals surface area contributed by atoms with E-state index in [4.69, 9.17) is 33.4 Å². The van der Waals surface area contributed by atoms with Gasteiger partial charge in [0.05, 0.1) is 4.34 Å². The van der Waals surface area contributed by atoms with Crippen molar-refractivity contribution in [3.05, 3.63) is 20.3 Å². The monoisotopic (exact) mass is 226 g/mol. The molecular formula is C6H4Cl2O3S. The first kappa shape index (κ1) is 9.80. The van der Waals surface area contributed by atoms with Crippen molar-refractivity contribution >= 4 is 40.5 Å². The summed E-state index contributed by atoms with van der Waals surface area (Å²) in [5.74, 6) is -1.34. The summed E-state index contributed by atoms with van der Waals surface area (Å²) in [6.45, 7) is 0. The first-order valence-electron chi connectivity index (χ1n) is 2.88. The number of aliphatic carboxylic acids is 1. The van der Waals surface area contributed by atoms with Gasteiger partial charge >= 0.3 is 5.97 Å². The predicted octanol–water partition coefficient (Wildman–Crippen LogP) is 2.17. The molecule has 1 aromatic heterocycles. The normalized spacial score (nSPS) is 12.9. The summed E-state index contributed by atoms with van der Waals surface area (Å²) in [7, 11) is 0. The van der Waals surface area contributed by atoms with Crippen molar-refractivity contribution in [2.45, 2.75) is 6.10 Å². The minimum absolute atomic E-state index is 0.138. The topological polar surface area (TPSA) is 57.5 Å². The fourth-order valence-electron chi connectivity index (χ4n) is 0.672. The van der Waals surface area contributed by atoms with E-state index in [0.29, 0.717) is 4.34 Å². The number of aliphatic hydroxyl groups excluding tert-OH is 1. The molecule has 0 aliphatic carbocycles. The molecule has 0 amide bonds. The molecule has 0 radical (unpaired) electrons. The molecule has 3 nitrogen and oxygen atoms in total. The van der Waals surface area contributed by atoms with Crippen LogP contribution in [0, 0.1) is 0 Å². The third-order valence-electron chi connectivity index (χ3n) is 1.21. The van der Waals surface area contributed by atoms with Gasteiger partial charge in [-0.25, -0.2) is 4.79 Å². The standard InChI is InChI=1S/C6H4Cl2O3S/c7-3-1-2(5(8)12-3)4(9)6(10)11/h1,4,9H,(H,10,11). The summed E-state index contributed by atoms with van der Waals surface area (Å²) < 4.78 is 0.560. The number of carboxylic acids is 1. The SMILES string of the molecule is O=C(O)C(O)c1cc(Cl)sc1Cl. The second-order valence-electron chi connectivity index (χ2n) is 2.02. The van der Waals surface area contributed by atoms with Crippen LogP contribution in [0.25, 0.3) is 0 Å². The Balaban J connectivity index is 3.02. The van der Waals surface area contributed by atoms with Gasteiger partial charge in [-0.1, -0.05) is 23.2 Å². The molecular weight excluding hydrogens is 223 g/mol. The van der Waals surface area contributed by atoms with Crippen LogP contribution in [0.5, 0.6) is 0 Å². The van der Waals surface area contributed by atoms with Crippen molar-refractivity contribution in [1.82, 2.24) is 0 Å². The number of rotatable bonds is 2. The van der Waals surface area contributed by atoms with Gasteiger partial charge in [0.25, 0.3) is 0 Å². The molecule has 0 saturated carbocycles. The summed E-state index contributed by atoms with van der Waals surface area (Å²) in [5.41, 5.74) is 0.138. The number of hydrogen-bond donors (Lipinski definition) is 2. The Bertz CT molecular complexity index is 310. The van der Waals surface area contributed by atoms with Crippen molar-refractivity contribution in [2.75, 3.05) is 0 Å². The van der Waals surface area contributed by atoms with Crippen molar-refractivity contribution < 1.29 is 15.0 Å². The van der Waals surface area contributed by atoms with Gasteiger partial charge in [-0.05, 0) is 6.07 Å². The first-order valence-corrected chi connectivity index (χ1v) is 4.45. The zero-order valence-corrected chi connectivity index (χ0v) is 7.95. The van der Waals surface area contributed by atoms with Crippen LogP contribution >= 0.6 is 34.5 Å². The second-order valence-corrected chi connectivity index (χ2v) is 4.31. The Kier molecular flexibility index (Phi) is 2.95. The van der Waals surface area contributed by atoms with Crippen molar-refractivity contribution in [1.29, 1.82) is 0 Å². The molecule has 1 heterocycles. The van der Waals surface area contributed by atoms with Gasteiger partial charge < -0.3 is 10.2 Å². The second kappa shape index (κ2) is 3.62. The third kappa shape index (κ3) is 1.90. The molecule has 66 valence electrons. The van der Waals surface area contributed by atoms with E-state index >= 15 is 0 Å². The van der Waals surface area contributed by atoms with E-state index in [1.807, 2.05) is 0 Å². The maximum Gasteiger partial charge on any atom is 0.337 e. The zero-order chi connectivity index (χ0) is 9.30. The van der Waals surface area contributed by atoms with Crippen LogP contribution in [0.1, 0.15) is 11.7 Å². The van der Waals surface area contributed by atoms with Gasteiger partial charge in [-0.15, -0.1) is 11.3 Å². The van der Waals surface area contributed by atoms with Crippen molar-refractivity contribution in [3.8, 4) is 0 Å². The Morgan fingerprint density at radius 2 is 2.17 bits per heavy atom. The zero-order valence-electron chi connectivity index (χ0n) is 5.62. The van der Waals surface area contributed by atoms with Crippen LogP contribution in [0.2, 0.25) is 8.67 Å². The molecule has 1 rings (SSSR count). The summed E-state index contributed by atoms with van der Waals surface area (Å²) in [4.78, 5) is 10.3. The van der Waals surface area contributed by atoms with Crippen LogP contribution in [-0.4, -0.2) is 16.2 Å². The largest absolute Gasteiger partial charge is 0.479 e. The van der Waals surface area contributed by atoms with Crippen LogP contribution in [0.15, 0.2) is 6.07 Å². The molecule has 1 unspecified atom stereocenters. The molecule has 12 heavy (non-hydrogen) atoms. The highest BCUT2D eigenvalue weighted by Gasteiger charge is 2.21. The summed E-state index contributed by atoms with van der Waals surface area (Å²) in [6, 6.07) is 1.34. The molecule has 6 heteroatoms. The summed E-state index contributed by atoms with van der Waals surface area (Å²) in [5, 5.41) is 17.5. The van der Waals surface area contributed by atoms with Gasteiger partial charge in [0.2, 0.25) is 0 Å². The molecule has 1 aromatic rings. The van der Waals surface area contributed by atoms with E-state index in [0.717, 1.165) is 11.3 Å². The number of carbonyl (C=O) groups is 1. The Labute approximate surface area is 82.2 Å². The highest BCUT2D eigenvalue weighted by Crippen LogP contribution is 2.34. The maximum absolute atomic E-state index is 10.3. The van der Waals surface area contributed by atoms with Crippen molar-refractivity contribution in [3.63, 3.8) is 0 Å². The van der Waals surface area contributed by atoms with Gasteiger partial charge in [0, 0.05) is 5.56 Å². The lowest BCUT2D eigenvalue weighted by atomic mass is 10.2. The lowest BCUT2D eigenvalue weighted by molar-refractivity contribution is -0.146. The predicted molar refractivity (Wildman–Crippen MR) is 46.9 cm³/mol. The molecule has 0 aromatic carbocycles. The molecule has 2 N–H and O–H groups in total. The van der Waals surface area contributed by atoms with E-state index < -0.39 is 12.1 Å². The minimum Gasteiger partial charge on any atom is -0.479 e. The summed E-state index contributed by atoms with van der Waals surface area (Å²) in [6.07, 6.45) is -1.60. The number of hydrogen-bond acceptors (Lipinski definition) is 3. The first-order chi connectivity index (χ1) is 5.52. The van der Waals surface area contributed by atoms with E-state index in [2.05, 4.69) is 0 Å². The number of carboxylic acid groups (broad SMARTS) is 1. The quantitative estimate of drug-likeness (QED) is 0.813. The summed E-state index contributed by atoms with van der Waals surface area (Å²) >= 11 is 12.2. The molecule has 1 atom stereocenters. The van der Waals surface area contributed by atoms with E-state index in [1.54, 1.807) is 0 Å². The Hall–Kier alpha value is -0.290. The highest BCUT2D eigenvalue weighted by molar-refractivity contribution is 7.20. The van der Waals surface area contributed by atoms with Crippen molar-refractivity contribution in [2.24, 2.45) is 0 Å². The maximum atomic E-state index is 10.3. The number of halogens is 2. The van der Waals surface area contributed by atoms with Gasteiger partial charge in [-0.3, -0.25) is 0 Å². The fourth-order valence-corrected chi connectivity index (χ4v) is 2.19. The number of aliphatic hydroxyl groups is 1. The van der Waals surface area contributed by atoms with Crippen LogP contribution in [0.4, 0.5) is 0 Å². The van der Waals surface area contributed by atoms with Gasteiger partial charge in [0.15, 0.2) is 6.10 Å². The Morgan fingerprint density at radius 3 is 2.50 bits per heavy atom. The van der Waals surface area contributed by atoms with E-state index in [9.17, 15) is 4.79 Å². The third-order valence-corrected chi connectivity index (χ3v) is 2.73. The fraction of sp³-hybridized carbons (Fsp3) is 0.167. The molecule has 0 aliphatic rings. The lowest BCUT2D eigenvalue weighted by Gasteiger charge is -2.01. The molecule has 0 aliphatic heterocycles. The van der Waals surface area contributed by atoms with Gasteiger partial charge in [0.1, 0.15) is 4.34 Å². The molecule has 0 spiro atoms.